The van der Waals surface area contributed by atoms with Gasteiger partial charge in [-0.15, -0.1) is 10.2 Å². The number of hydrogen-bond acceptors (Lipinski definition) is 6. The fraction of sp³-hybridized carbons (Fsp3) is 0.250. The second kappa shape index (κ2) is 5.85. The van der Waals surface area contributed by atoms with Gasteiger partial charge in [0.15, 0.2) is 11.5 Å². The predicted molar refractivity (Wildman–Crippen MR) is 69.1 cm³/mol. The van der Waals surface area contributed by atoms with Crippen LogP contribution in [0.5, 0.6) is 17.2 Å². The summed E-state index contributed by atoms with van der Waals surface area (Å²) in [5, 5.41) is 11.5. The van der Waals surface area contributed by atoms with Crippen LogP contribution in [0, 0.1) is 0 Å². The van der Waals surface area contributed by atoms with Gasteiger partial charge >= 0.3 is 0 Å². The van der Waals surface area contributed by atoms with Crippen LogP contribution in [0.4, 0.5) is 0 Å². The van der Waals surface area contributed by atoms with Crippen LogP contribution in [0.3, 0.4) is 0 Å². The molecule has 7 heteroatoms. The van der Waals surface area contributed by atoms with Gasteiger partial charge in [0.25, 0.3) is 0 Å². The SMILES string of the molecule is COc1ccc(/C=N/n2cnnc2)c(OC)c1OC. The maximum absolute atomic E-state index is 5.34. The molecule has 0 fully saturated rings. The summed E-state index contributed by atoms with van der Waals surface area (Å²) in [6.07, 6.45) is 4.61. The van der Waals surface area contributed by atoms with Crippen molar-refractivity contribution in [1.29, 1.82) is 0 Å². The number of rotatable bonds is 5. The molecule has 1 heterocycles. The van der Waals surface area contributed by atoms with E-state index in [0.717, 1.165) is 5.56 Å². The molecule has 19 heavy (non-hydrogen) atoms. The number of benzene rings is 1. The van der Waals surface area contributed by atoms with Crippen LogP contribution in [0.1, 0.15) is 5.56 Å². The summed E-state index contributed by atoms with van der Waals surface area (Å²) < 4.78 is 17.3. The smallest absolute Gasteiger partial charge is 0.203 e. The van der Waals surface area contributed by atoms with Gasteiger partial charge in [-0.25, -0.2) is 4.68 Å². The zero-order valence-electron chi connectivity index (χ0n) is 10.9. The second-order valence-corrected chi connectivity index (χ2v) is 3.51. The van der Waals surface area contributed by atoms with Gasteiger partial charge in [0.2, 0.25) is 5.75 Å². The summed E-state index contributed by atoms with van der Waals surface area (Å²) in [6, 6.07) is 3.61. The van der Waals surface area contributed by atoms with Crippen LogP contribution in [-0.4, -0.2) is 42.4 Å². The van der Waals surface area contributed by atoms with E-state index in [1.54, 1.807) is 33.6 Å². The first-order valence-electron chi connectivity index (χ1n) is 5.48. The molecule has 0 aliphatic carbocycles. The molecule has 7 nitrogen and oxygen atoms in total. The highest BCUT2D eigenvalue weighted by atomic mass is 16.5. The summed E-state index contributed by atoms with van der Waals surface area (Å²) in [4.78, 5) is 0. The van der Waals surface area contributed by atoms with Gasteiger partial charge in [-0.3, -0.25) is 0 Å². The fourth-order valence-electron chi connectivity index (χ4n) is 1.61. The molecule has 0 atom stereocenters. The first kappa shape index (κ1) is 12.9. The Bertz CT molecular complexity index is 567. The quantitative estimate of drug-likeness (QED) is 0.757. The van der Waals surface area contributed by atoms with Gasteiger partial charge in [-0.05, 0) is 12.1 Å². The van der Waals surface area contributed by atoms with E-state index >= 15 is 0 Å². The third-order valence-electron chi connectivity index (χ3n) is 2.47. The van der Waals surface area contributed by atoms with E-state index in [0.29, 0.717) is 17.2 Å². The van der Waals surface area contributed by atoms with E-state index in [4.69, 9.17) is 14.2 Å². The van der Waals surface area contributed by atoms with Crippen LogP contribution in [0.2, 0.25) is 0 Å². The first-order valence-corrected chi connectivity index (χ1v) is 5.48. The Kier molecular flexibility index (Phi) is 3.97. The maximum atomic E-state index is 5.34. The van der Waals surface area contributed by atoms with Gasteiger partial charge in [0.05, 0.1) is 27.5 Å². The van der Waals surface area contributed by atoms with Crippen molar-refractivity contribution in [3.63, 3.8) is 0 Å². The Morgan fingerprint density at radius 1 is 1.00 bits per heavy atom. The van der Waals surface area contributed by atoms with Crippen molar-refractivity contribution in [3.8, 4) is 17.2 Å². The van der Waals surface area contributed by atoms with Gasteiger partial charge in [0.1, 0.15) is 12.7 Å². The predicted octanol–water partition coefficient (Wildman–Crippen LogP) is 1.19. The highest BCUT2D eigenvalue weighted by Gasteiger charge is 2.14. The minimum atomic E-state index is 0.526. The van der Waals surface area contributed by atoms with Crippen molar-refractivity contribution in [3.05, 3.63) is 30.4 Å². The lowest BCUT2D eigenvalue weighted by Gasteiger charge is -2.13. The minimum absolute atomic E-state index is 0.526. The molecule has 0 N–H and O–H groups in total. The number of nitrogens with zero attached hydrogens (tertiary/aromatic N) is 4. The highest BCUT2D eigenvalue weighted by molar-refractivity contribution is 5.86. The molecule has 100 valence electrons. The molecule has 2 aromatic rings. The van der Waals surface area contributed by atoms with Gasteiger partial charge in [-0.2, -0.15) is 5.10 Å². The second-order valence-electron chi connectivity index (χ2n) is 3.51. The molecule has 1 aromatic heterocycles. The fourth-order valence-corrected chi connectivity index (χ4v) is 1.61. The van der Waals surface area contributed by atoms with E-state index in [1.165, 1.54) is 17.3 Å². The van der Waals surface area contributed by atoms with Crippen molar-refractivity contribution < 1.29 is 14.2 Å². The van der Waals surface area contributed by atoms with E-state index < -0.39 is 0 Å². The normalized spacial score (nSPS) is 10.7. The average molecular weight is 262 g/mol. The van der Waals surface area contributed by atoms with Crippen molar-refractivity contribution >= 4 is 6.21 Å². The van der Waals surface area contributed by atoms with Crippen molar-refractivity contribution in [2.24, 2.45) is 5.10 Å². The Morgan fingerprint density at radius 2 is 1.68 bits per heavy atom. The molecule has 0 radical (unpaired) electrons. The number of ether oxygens (including phenoxy) is 3. The van der Waals surface area contributed by atoms with Crippen LogP contribution in [0.25, 0.3) is 0 Å². The first-order chi connectivity index (χ1) is 9.30. The molecular formula is C12H14N4O3. The molecule has 0 aliphatic heterocycles. The van der Waals surface area contributed by atoms with Crippen LogP contribution < -0.4 is 14.2 Å². The molecule has 0 aliphatic rings. The third kappa shape index (κ3) is 2.65. The van der Waals surface area contributed by atoms with E-state index in [2.05, 4.69) is 15.3 Å². The Morgan fingerprint density at radius 3 is 2.26 bits per heavy atom. The molecule has 0 spiro atoms. The monoisotopic (exact) mass is 262 g/mol. The molecule has 0 unspecified atom stereocenters. The summed E-state index contributed by atoms with van der Waals surface area (Å²) in [5.41, 5.74) is 0.758. The number of hydrogen-bond donors (Lipinski definition) is 0. The number of aromatic nitrogens is 3. The Hall–Kier alpha value is -2.57. The lowest BCUT2D eigenvalue weighted by atomic mass is 10.2. The van der Waals surface area contributed by atoms with Crippen LogP contribution in [-0.2, 0) is 0 Å². The number of methoxy groups -OCH3 is 3. The molecule has 1 aromatic carbocycles. The summed E-state index contributed by atoms with van der Waals surface area (Å²) in [5.74, 6) is 1.68. The van der Waals surface area contributed by atoms with Crippen LogP contribution in [0.15, 0.2) is 29.9 Å². The topological polar surface area (TPSA) is 70.8 Å². The van der Waals surface area contributed by atoms with Gasteiger partial charge in [-0.1, -0.05) is 0 Å². The Labute approximate surface area is 110 Å². The summed E-state index contributed by atoms with van der Waals surface area (Å²) in [7, 11) is 4.69. The van der Waals surface area contributed by atoms with Crippen molar-refractivity contribution in [2.75, 3.05) is 21.3 Å². The van der Waals surface area contributed by atoms with Crippen molar-refractivity contribution in [2.45, 2.75) is 0 Å². The average Bonchev–Trinajstić information content (AvgIpc) is 2.96. The molecule has 0 saturated carbocycles. The van der Waals surface area contributed by atoms with E-state index in [1.807, 2.05) is 6.07 Å². The summed E-state index contributed by atoms with van der Waals surface area (Å²) in [6.45, 7) is 0. The molecule has 0 bridgehead atoms. The molecule has 0 amide bonds. The zero-order valence-corrected chi connectivity index (χ0v) is 10.9. The zero-order chi connectivity index (χ0) is 13.7. The highest BCUT2D eigenvalue weighted by Crippen LogP contribution is 2.38. The summed E-state index contributed by atoms with van der Waals surface area (Å²) >= 11 is 0. The molecular weight excluding hydrogens is 248 g/mol. The lowest BCUT2D eigenvalue weighted by Crippen LogP contribution is -1.99. The van der Waals surface area contributed by atoms with Crippen molar-refractivity contribution in [1.82, 2.24) is 14.9 Å². The van der Waals surface area contributed by atoms with Crippen LogP contribution >= 0.6 is 0 Å². The third-order valence-corrected chi connectivity index (χ3v) is 2.47. The standard InChI is InChI=1S/C12H14N4O3/c1-17-10-5-4-9(11(18-2)12(10)19-3)6-15-16-7-13-14-8-16/h4-8H,1-3H3/b15-6+. The minimum Gasteiger partial charge on any atom is -0.493 e. The lowest BCUT2D eigenvalue weighted by molar-refractivity contribution is 0.324. The van der Waals surface area contributed by atoms with E-state index in [-0.39, 0.29) is 0 Å². The maximum Gasteiger partial charge on any atom is 0.203 e. The van der Waals surface area contributed by atoms with Gasteiger partial charge in [0, 0.05) is 5.56 Å². The van der Waals surface area contributed by atoms with E-state index in [9.17, 15) is 0 Å². The largest absolute Gasteiger partial charge is 0.493 e. The van der Waals surface area contributed by atoms with Gasteiger partial charge < -0.3 is 14.2 Å². The Balaban J connectivity index is 2.40. The molecule has 2 rings (SSSR count). The molecule has 0 saturated heterocycles.